The van der Waals surface area contributed by atoms with E-state index in [1.54, 1.807) is 0 Å². The van der Waals surface area contributed by atoms with Crippen LogP contribution in [0, 0.1) is 0 Å². The average molecular weight is 512 g/mol. The average Bonchev–Trinajstić information content (AvgIpc) is 2.87. The number of benzene rings is 3. The van der Waals surface area contributed by atoms with E-state index in [1.165, 1.54) is 55.6 Å². The Bertz CT molecular complexity index is 1340. The highest BCUT2D eigenvalue weighted by Crippen LogP contribution is 2.42. The molecule has 0 fully saturated rings. The quantitative estimate of drug-likeness (QED) is 0.156. The molecule has 0 amide bonds. The molecule has 0 aliphatic rings. The SMILES string of the molecule is C=CC(=O)Oc1cc(OC(=O)C=C)cc(-c2ccc(-c3cc(OC)cc(OC=O)c3)c(C(F)(F)F)c2)c1. The van der Waals surface area contributed by atoms with E-state index in [0.29, 0.717) is 0 Å². The van der Waals surface area contributed by atoms with Crippen LogP contribution in [-0.4, -0.2) is 25.5 Å². The number of hydrogen-bond donors (Lipinski definition) is 0. The van der Waals surface area contributed by atoms with Crippen LogP contribution in [0.1, 0.15) is 5.56 Å². The van der Waals surface area contributed by atoms with Crippen molar-refractivity contribution in [2.45, 2.75) is 6.18 Å². The van der Waals surface area contributed by atoms with Crippen molar-refractivity contribution in [3.8, 4) is 45.3 Å². The molecule has 0 saturated heterocycles. The van der Waals surface area contributed by atoms with Crippen LogP contribution < -0.4 is 18.9 Å². The van der Waals surface area contributed by atoms with E-state index in [0.717, 1.165) is 18.2 Å². The molecular formula is C27H19F3O7. The largest absolute Gasteiger partial charge is 0.497 e. The van der Waals surface area contributed by atoms with Gasteiger partial charge in [0.25, 0.3) is 6.47 Å². The van der Waals surface area contributed by atoms with E-state index in [1.807, 2.05) is 0 Å². The van der Waals surface area contributed by atoms with E-state index >= 15 is 0 Å². The van der Waals surface area contributed by atoms with Crippen molar-refractivity contribution in [3.63, 3.8) is 0 Å². The van der Waals surface area contributed by atoms with Gasteiger partial charge >= 0.3 is 18.1 Å². The van der Waals surface area contributed by atoms with Gasteiger partial charge in [-0.2, -0.15) is 13.2 Å². The molecule has 0 unspecified atom stereocenters. The first-order valence-corrected chi connectivity index (χ1v) is 10.4. The number of hydrogen-bond acceptors (Lipinski definition) is 7. The second-order valence-corrected chi connectivity index (χ2v) is 7.31. The highest BCUT2D eigenvalue weighted by Gasteiger charge is 2.34. The summed E-state index contributed by atoms with van der Waals surface area (Å²) >= 11 is 0. The lowest BCUT2D eigenvalue weighted by Crippen LogP contribution is -2.08. The molecular weight excluding hydrogens is 493 g/mol. The molecule has 0 saturated carbocycles. The zero-order valence-electron chi connectivity index (χ0n) is 19.3. The first-order valence-electron chi connectivity index (χ1n) is 10.4. The molecule has 3 aromatic carbocycles. The van der Waals surface area contributed by atoms with Crippen molar-refractivity contribution in [1.29, 1.82) is 0 Å². The lowest BCUT2D eigenvalue weighted by molar-refractivity contribution is -0.137. The molecule has 10 heteroatoms. The summed E-state index contributed by atoms with van der Waals surface area (Å²) in [5.41, 5.74) is -0.888. The molecule has 7 nitrogen and oxygen atoms in total. The summed E-state index contributed by atoms with van der Waals surface area (Å²) in [6.45, 7) is 6.73. The molecule has 0 aliphatic carbocycles. The first kappa shape index (κ1) is 26.7. The number of halogens is 3. The van der Waals surface area contributed by atoms with Gasteiger partial charge in [0.15, 0.2) is 0 Å². The van der Waals surface area contributed by atoms with E-state index in [-0.39, 0.29) is 51.7 Å². The predicted molar refractivity (Wildman–Crippen MR) is 127 cm³/mol. The maximum Gasteiger partial charge on any atom is 0.417 e. The first-order chi connectivity index (χ1) is 17.6. The summed E-state index contributed by atoms with van der Waals surface area (Å²) < 4.78 is 62.6. The fourth-order valence-corrected chi connectivity index (χ4v) is 3.35. The normalized spacial score (nSPS) is 10.7. The van der Waals surface area contributed by atoms with Gasteiger partial charge in [-0.3, -0.25) is 4.79 Å². The van der Waals surface area contributed by atoms with E-state index < -0.39 is 23.7 Å². The van der Waals surface area contributed by atoms with E-state index in [4.69, 9.17) is 18.9 Å². The molecule has 0 aliphatic heterocycles. The molecule has 3 rings (SSSR count). The molecule has 0 bridgehead atoms. The summed E-state index contributed by atoms with van der Waals surface area (Å²) in [6.07, 6.45) is -2.99. The Hall–Kier alpha value is -4.86. The minimum atomic E-state index is -4.79. The molecule has 0 heterocycles. The van der Waals surface area contributed by atoms with Gasteiger partial charge in [0.05, 0.1) is 12.7 Å². The number of ether oxygens (including phenoxy) is 4. The summed E-state index contributed by atoms with van der Waals surface area (Å²) in [7, 11) is 1.32. The van der Waals surface area contributed by atoms with E-state index in [9.17, 15) is 27.6 Å². The maximum absolute atomic E-state index is 14.2. The van der Waals surface area contributed by atoms with Crippen LogP contribution in [0.3, 0.4) is 0 Å². The van der Waals surface area contributed by atoms with Gasteiger partial charge < -0.3 is 18.9 Å². The van der Waals surface area contributed by atoms with Crippen molar-refractivity contribution < 1.29 is 46.5 Å². The van der Waals surface area contributed by atoms with Crippen LogP contribution in [0.4, 0.5) is 13.2 Å². The number of rotatable bonds is 9. The van der Waals surface area contributed by atoms with Crippen LogP contribution >= 0.6 is 0 Å². The van der Waals surface area contributed by atoms with Crippen LogP contribution in [-0.2, 0) is 20.6 Å². The number of carbonyl (C=O) groups excluding carboxylic acids is 3. The summed E-state index contributed by atoms with van der Waals surface area (Å²) in [6, 6.07) is 11.3. The fraction of sp³-hybridized carbons (Fsp3) is 0.0741. The van der Waals surface area contributed by atoms with Crippen molar-refractivity contribution in [3.05, 3.63) is 85.5 Å². The molecule has 0 N–H and O–H groups in total. The van der Waals surface area contributed by atoms with Gasteiger partial charge in [0.1, 0.15) is 23.0 Å². The monoisotopic (exact) mass is 512 g/mol. The van der Waals surface area contributed by atoms with Gasteiger partial charge in [-0.1, -0.05) is 25.3 Å². The zero-order valence-corrected chi connectivity index (χ0v) is 19.3. The van der Waals surface area contributed by atoms with Gasteiger partial charge in [-0.25, -0.2) is 9.59 Å². The van der Waals surface area contributed by atoms with Crippen molar-refractivity contribution >= 4 is 18.4 Å². The minimum Gasteiger partial charge on any atom is -0.497 e. The summed E-state index contributed by atoms with van der Waals surface area (Å²) in [5.74, 6) is -1.65. The lowest BCUT2D eigenvalue weighted by Gasteiger charge is -2.17. The molecule has 37 heavy (non-hydrogen) atoms. The molecule has 0 spiro atoms. The van der Waals surface area contributed by atoms with Gasteiger partial charge in [0.2, 0.25) is 0 Å². The number of alkyl halides is 3. The molecule has 0 atom stereocenters. The Labute approximate surface area is 209 Å². The van der Waals surface area contributed by atoms with Crippen molar-refractivity contribution in [2.75, 3.05) is 7.11 Å². The zero-order chi connectivity index (χ0) is 27.2. The lowest BCUT2D eigenvalue weighted by atomic mass is 9.94. The molecule has 0 radical (unpaired) electrons. The second-order valence-electron chi connectivity index (χ2n) is 7.31. The van der Waals surface area contributed by atoms with Crippen LogP contribution in [0.25, 0.3) is 22.3 Å². The van der Waals surface area contributed by atoms with Gasteiger partial charge in [-0.05, 0) is 52.6 Å². The van der Waals surface area contributed by atoms with Gasteiger partial charge in [-0.15, -0.1) is 0 Å². The Morgan fingerprint density at radius 2 is 1.30 bits per heavy atom. The molecule has 190 valence electrons. The predicted octanol–water partition coefficient (Wildman–Crippen LogP) is 5.77. The summed E-state index contributed by atoms with van der Waals surface area (Å²) in [5, 5.41) is 0. The van der Waals surface area contributed by atoms with Gasteiger partial charge in [0, 0.05) is 24.3 Å². The Kier molecular flexibility index (Phi) is 8.13. The molecule has 3 aromatic rings. The maximum atomic E-state index is 14.2. The third-order valence-corrected chi connectivity index (χ3v) is 4.92. The smallest absolute Gasteiger partial charge is 0.417 e. The minimum absolute atomic E-state index is 0.00744. The third-order valence-electron chi connectivity index (χ3n) is 4.92. The number of methoxy groups -OCH3 is 1. The third kappa shape index (κ3) is 6.63. The highest BCUT2D eigenvalue weighted by molar-refractivity contribution is 5.86. The highest BCUT2D eigenvalue weighted by atomic mass is 19.4. The Morgan fingerprint density at radius 1 is 0.757 bits per heavy atom. The van der Waals surface area contributed by atoms with Crippen molar-refractivity contribution in [2.24, 2.45) is 0 Å². The van der Waals surface area contributed by atoms with Crippen LogP contribution in [0.5, 0.6) is 23.0 Å². The fourth-order valence-electron chi connectivity index (χ4n) is 3.35. The standard InChI is InChI=1S/C27H19F3O7/c1-4-25(32)36-21-8-17(9-22(14-21)37-26(33)5-2)16-6-7-23(24(12-16)27(28,29)30)18-10-19(34-3)13-20(11-18)35-15-31/h4-15H,1-2H2,3H3. The van der Waals surface area contributed by atoms with Crippen LogP contribution in [0.15, 0.2) is 79.9 Å². The topological polar surface area (TPSA) is 88.1 Å². The second kappa shape index (κ2) is 11.3. The van der Waals surface area contributed by atoms with E-state index in [2.05, 4.69) is 13.2 Å². The Balaban J connectivity index is 2.19. The molecule has 0 aromatic heterocycles. The summed E-state index contributed by atoms with van der Waals surface area (Å²) in [4.78, 5) is 34.1. The number of esters is 2. The van der Waals surface area contributed by atoms with Crippen LogP contribution in [0.2, 0.25) is 0 Å². The van der Waals surface area contributed by atoms with Crippen molar-refractivity contribution in [1.82, 2.24) is 0 Å². The number of carbonyl (C=O) groups is 3. The Morgan fingerprint density at radius 3 is 1.81 bits per heavy atom.